The summed E-state index contributed by atoms with van der Waals surface area (Å²) in [6.07, 6.45) is 4.40. The first-order chi connectivity index (χ1) is 8.08. The van der Waals surface area contributed by atoms with Crippen LogP contribution in [0.25, 0.3) is 0 Å². The van der Waals surface area contributed by atoms with Gasteiger partial charge in [0, 0.05) is 12.1 Å². The average molecular weight is 275 g/mol. The number of nitro benzene ring substituents is 1. The van der Waals surface area contributed by atoms with Gasteiger partial charge in [-0.05, 0) is 18.9 Å². The van der Waals surface area contributed by atoms with Crippen LogP contribution in [-0.4, -0.2) is 11.0 Å². The summed E-state index contributed by atoms with van der Waals surface area (Å²) in [5, 5.41) is 14.6. The summed E-state index contributed by atoms with van der Waals surface area (Å²) in [6.45, 7) is 0. The van der Waals surface area contributed by atoms with Crippen LogP contribution in [0.3, 0.4) is 0 Å². The van der Waals surface area contributed by atoms with Crippen molar-refractivity contribution in [3.63, 3.8) is 0 Å². The molecule has 1 aliphatic rings. The Balaban J connectivity index is 2.29. The second kappa shape index (κ2) is 5.10. The van der Waals surface area contributed by atoms with Crippen LogP contribution < -0.4 is 5.32 Å². The predicted octanol–water partition coefficient (Wildman–Crippen LogP) is 4.26. The Bertz CT molecular complexity index is 445. The lowest BCUT2D eigenvalue weighted by molar-refractivity contribution is -0.384. The maximum atomic E-state index is 10.9. The summed E-state index contributed by atoms with van der Waals surface area (Å²) in [6, 6.07) is 3.12. The Morgan fingerprint density at radius 1 is 1.24 bits per heavy atom. The third-order valence-electron chi connectivity index (χ3n) is 2.95. The topological polar surface area (TPSA) is 55.2 Å². The number of nitrogens with zero attached hydrogens (tertiary/aromatic N) is 1. The molecular weight excluding hydrogens is 263 g/mol. The first-order valence-corrected chi connectivity index (χ1v) is 6.23. The van der Waals surface area contributed by atoms with E-state index in [-0.39, 0.29) is 10.7 Å². The first kappa shape index (κ1) is 12.5. The fraction of sp³-hybridized carbons (Fsp3) is 0.455. The van der Waals surface area contributed by atoms with E-state index in [2.05, 4.69) is 5.32 Å². The molecule has 92 valence electrons. The van der Waals surface area contributed by atoms with E-state index in [9.17, 15) is 10.1 Å². The summed E-state index contributed by atoms with van der Waals surface area (Å²) in [5.41, 5.74) is 0.433. The number of benzene rings is 1. The number of hydrogen-bond donors (Lipinski definition) is 1. The monoisotopic (exact) mass is 274 g/mol. The van der Waals surface area contributed by atoms with Crippen molar-refractivity contribution in [2.24, 2.45) is 0 Å². The SMILES string of the molecule is O=[N+]([O-])c1cc(Cl)c(Cl)cc1NC1CCCC1. The minimum absolute atomic E-state index is 0.0219. The van der Waals surface area contributed by atoms with Crippen molar-refractivity contribution in [2.45, 2.75) is 31.7 Å². The van der Waals surface area contributed by atoms with Crippen molar-refractivity contribution >= 4 is 34.6 Å². The normalized spacial score (nSPS) is 16.1. The number of rotatable bonds is 3. The molecule has 0 saturated heterocycles. The van der Waals surface area contributed by atoms with Crippen LogP contribution in [0.4, 0.5) is 11.4 Å². The lowest BCUT2D eigenvalue weighted by Gasteiger charge is -2.14. The third kappa shape index (κ3) is 2.82. The molecule has 0 heterocycles. The maximum Gasteiger partial charge on any atom is 0.293 e. The van der Waals surface area contributed by atoms with Gasteiger partial charge in [0.05, 0.1) is 15.0 Å². The molecule has 0 atom stereocenters. The molecule has 1 N–H and O–H groups in total. The van der Waals surface area contributed by atoms with Crippen molar-refractivity contribution in [3.05, 3.63) is 32.3 Å². The molecule has 0 spiro atoms. The van der Waals surface area contributed by atoms with Gasteiger partial charge in [-0.25, -0.2) is 0 Å². The molecule has 6 heteroatoms. The summed E-state index contributed by atoms with van der Waals surface area (Å²) >= 11 is 11.7. The van der Waals surface area contributed by atoms with Crippen molar-refractivity contribution < 1.29 is 4.92 Å². The summed E-state index contributed by atoms with van der Waals surface area (Å²) in [7, 11) is 0. The minimum Gasteiger partial charge on any atom is -0.377 e. The Hall–Kier alpha value is -1.00. The first-order valence-electron chi connectivity index (χ1n) is 5.48. The van der Waals surface area contributed by atoms with Gasteiger partial charge >= 0.3 is 0 Å². The van der Waals surface area contributed by atoms with Crippen molar-refractivity contribution in [3.8, 4) is 0 Å². The van der Waals surface area contributed by atoms with E-state index in [1.807, 2.05) is 0 Å². The standard InChI is InChI=1S/C11H12Cl2N2O2/c12-8-5-10(14-7-3-1-2-4-7)11(15(16)17)6-9(8)13/h5-7,14H,1-4H2. The number of hydrogen-bond acceptors (Lipinski definition) is 3. The second-order valence-corrected chi connectivity index (χ2v) is 4.98. The molecular formula is C11H12Cl2N2O2. The van der Waals surface area contributed by atoms with Crippen molar-refractivity contribution in [2.75, 3.05) is 5.32 Å². The van der Waals surface area contributed by atoms with Crippen LogP contribution in [0, 0.1) is 10.1 Å². The van der Waals surface area contributed by atoms with E-state index in [1.165, 1.54) is 12.1 Å². The van der Waals surface area contributed by atoms with E-state index >= 15 is 0 Å². The quantitative estimate of drug-likeness (QED) is 0.662. The van der Waals surface area contributed by atoms with Crippen molar-refractivity contribution in [1.29, 1.82) is 0 Å². The highest BCUT2D eigenvalue weighted by molar-refractivity contribution is 6.42. The molecule has 2 rings (SSSR count). The van der Waals surface area contributed by atoms with Gasteiger partial charge < -0.3 is 5.32 Å². The Labute approximate surface area is 109 Å². The molecule has 1 fully saturated rings. The Morgan fingerprint density at radius 3 is 2.41 bits per heavy atom. The smallest absolute Gasteiger partial charge is 0.293 e. The van der Waals surface area contributed by atoms with Gasteiger partial charge in [-0.3, -0.25) is 10.1 Å². The Kier molecular flexibility index (Phi) is 3.74. The maximum absolute atomic E-state index is 10.9. The van der Waals surface area contributed by atoms with E-state index in [0.29, 0.717) is 16.8 Å². The number of nitro groups is 1. The van der Waals surface area contributed by atoms with Crippen LogP contribution in [-0.2, 0) is 0 Å². The third-order valence-corrected chi connectivity index (χ3v) is 3.67. The molecule has 0 amide bonds. The Morgan fingerprint density at radius 2 is 1.82 bits per heavy atom. The van der Waals surface area contributed by atoms with E-state index in [1.54, 1.807) is 0 Å². The zero-order valence-electron chi connectivity index (χ0n) is 9.08. The van der Waals surface area contributed by atoms with Gasteiger partial charge in [0.25, 0.3) is 5.69 Å². The molecule has 0 aliphatic heterocycles. The van der Waals surface area contributed by atoms with Crippen LogP contribution in [0.15, 0.2) is 12.1 Å². The molecule has 17 heavy (non-hydrogen) atoms. The summed E-state index contributed by atoms with van der Waals surface area (Å²) < 4.78 is 0. The highest BCUT2D eigenvalue weighted by Crippen LogP contribution is 2.35. The molecule has 4 nitrogen and oxygen atoms in total. The number of anilines is 1. The van der Waals surface area contributed by atoms with Crippen LogP contribution in [0.1, 0.15) is 25.7 Å². The number of halogens is 2. The molecule has 0 radical (unpaired) electrons. The second-order valence-electron chi connectivity index (χ2n) is 4.17. The minimum atomic E-state index is -0.445. The molecule has 1 aromatic rings. The van der Waals surface area contributed by atoms with Crippen molar-refractivity contribution in [1.82, 2.24) is 0 Å². The predicted molar refractivity (Wildman–Crippen MR) is 69.0 cm³/mol. The molecule has 0 aromatic heterocycles. The molecule has 1 aliphatic carbocycles. The largest absolute Gasteiger partial charge is 0.377 e. The van der Waals surface area contributed by atoms with Gasteiger partial charge in [0.15, 0.2) is 0 Å². The van der Waals surface area contributed by atoms with Crippen LogP contribution in [0.5, 0.6) is 0 Å². The van der Waals surface area contributed by atoms with Gasteiger partial charge in [-0.15, -0.1) is 0 Å². The fourth-order valence-corrected chi connectivity index (χ4v) is 2.41. The summed E-state index contributed by atoms with van der Waals surface area (Å²) in [4.78, 5) is 10.5. The fourth-order valence-electron chi connectivity index (χ4n) is 2.09. The number of nitrogens with one attached hydrogen (secondary N) is 1. The van der Waals surface area contributed by atoms with Gasteiger partial charge in [0.1, 0.15) is 5.69 Å². The molecule has 1 aromatic carbocycles. The zero-order chi connectivity index (χ0) is 12.4. The highest BCUT2D eigenvalue weighted by atomic mass is 35.5. The molecule has 1 saturated carbocycles. The average Bonchev–Trinajstić information content (AvgIpc) is 2.75. The zero-order valence-corrected chi connectivity index (χ0v) is 10.6. The lowest BCUT2D eigenvalue weighted by atomic mass is 10.2. The highest BCUT2D eigenvalue weighted by Gasteiger charge is 2.21. The lowest BCUT2D eigenvalue weighted by Crippen LogP contribution is -2.15. The van der Waals surface area contributed by atoms with Gasteiger partial charge in [0.2, 0.25) is 0 Å². The van der Waals surface area contributed by atoms with E-state index in [4.69, 9.17) is 23.2 Å². The van der Waals surface area contributed by atoms with Crippen LogP contribution >= 0.6 is 23.2 Å². The van der Waals surface area contributed by atoms with Gasteiger partial charge in [-0.2, -0.15) is 0 Å². The van der Waals surface area contributed by atoms with Crippen LogP contribution in [0.2, 0.25) is 10.0 Å². The van der Waals surface area contributed by atoms with Gasteiger partial charge in [-0.1, -0.05) is 36.0 Å². The van der Waals surface area contributed by atoms with E-state index in [0.717, 1.165) is 25.7 Å². The van der Waals surface area contributed by atoms with E-state index < -0.39 is 4.92 Å². The summed E-state index contributed by atoms with van der Waals surface area (Å²) in [5.74, 6) is 0. The molecule has 0 unspecified atom stereocenters. The molecule has 0 bridgehead atoms.